The van der Waals surface area contributed by atoms with Crippen LogP contribution in [0.1, 0.15) is 15.9 Å². The average Bonchev–Trinajstić information content (AvgIpc) is 2.69. The van der Waals surface area contributed by atoms with Crippen LogP contribution in [0.4, 0.5) is 11.4 Å². The molecule has 0 unspecified atom stereocenters. The van der Waals surface area contributed by atoms with Crippen LogP contribution >= 0.6 is 11.6 Å². The molecule has 0 heterocycles. The molecule has 29 heavy (non-hydrogen) atoms. The molecule has 9 heteroatoms. The predicted molar refractivity (Wildman–Crippen MR) is 110 cm³/mol. The first-order chi connectivity index (χ1) is 13.7. The van der Waals surface area contributed by atoms with Crippen molar-refractivity contribution in [1.29, 1.82) is 0 Å². The smallest absolute Gasteiger partial charge is 0.342 e. The second-order valence-electron chi connectivity index (χ2n) is 6.31. The Kier molecular flexibility index (Phi) is 7.44. The van der Waals surface area contributed by atoms with Crippen molar-refractivity contribution in [2.45, 2.75) is 6.92 Å². The minimum atomic E-state index is -0.797. The zero-order valence-electron chi connectivity index (χ0n) is 16.3. The number of halogens is 1. The third-order valence-corrected chi connectivity index (χ3v) is 4.33. The molecule has 154 valence electrons. The van der Waals surface area contributed by atoms with Gasteiger partial charge in [0.15, 0.2) is 6.61 Å². The van der Waals surface area contributed by atoms with Crippen molar-refractivity contribution in [3.63, 3.8) is 0 Å². The third-order valence-electron chi connectivity index (χ3n) is 4.01. The van der Waals surface area contributed by atoms with E-state index >= 15 is 0 Å². The SMILES string of the molecule is COc1cc(N)c(Cl)cc1C(=O)OCC(=O)N(C)CC(=O)Nc1ccc(C)cc1. The number of aryl methyl sites for hydroxylation is 1. The van der Waals surface area contributed by atoms with E-state index in [1.54, 1.807) is 12.1 Å². The zero-order valence-corrected chi connectivity index (χ0v) is 17.1. The Balaban J connectivity index is 1.89. The molecule has 3 N–H and O–H groups in total. The highest BCUT2D eigenvalue weighted by molar-refractivity contribution is 6.33. The lowest BCUT2D eigenvalue weighted by molar-refractivity contribution is -0.136. The summed E-state index contributed by atoms with van der Waals surface area (Å²) in [6, 6.07) is 9.96. The van der Waals surface area contributed by atoms with Crippen LogP contribution in [0.2, 0.25) is 5.02 Å². The molecule has 0 spiro atoms. The number of carbonyl (C=O) groups excluding carboxylic acids is 3. The Hall–Kier alpha value is -3.26. The fourth-order valence-corrected chi connectivity index (χ4v) is 2.52. The van der Waals surface area contributed by atoms with Crippen molar-refractivity contribution in [3.8, 4) is 5.75 Å². The van der Waals surface area contributed by atoms with E-state index in [4.69, 9.17) is 26.8 Å². The van der Waals surface area contributed by atoms with E-state index in [9.17, 15) is 14.4 Å². The van der Waals surface area contributed by atoms with Crippen molar-refractivity contribution in [2.75, 3.05) is 38.4 Å². The topological polar surface area (TPSA) is 111 Å². The largest absolute Gasteiger partial charge is 0.496 e. The number of amides is 2. The number of rotatable bonds is 7. The van der Waals surface area contributed by atoms with Gasteiger partial charge < -0.3 is 25.4 Å². The summed E-state index contributed by atoms with van der Waals surface area (Å²) < 4.78 is 10.1. The molecule has 8 nitrogen and oxygen atoms in total. The molecule has 0 saturated heterocycles. The van der Waals surface area contributed by atoms with Gasteiger partial charge in [0, 0.05) is 18.8 Å². The predicted octanol–water partition coefficient (Wildman–Crippen LogP) is 2.49. The summed E-state index contributed by atoms with van der Waals surface area (Å²) >= 11 is 5.92. The number of nitrogens with two attached hydrogens (primary N) is 1. The minimum Gasteiger partial charge on any atom is -0.496 e. The lowest BCUT2D eigenvalue weighted by Gasteiger charge is -2.17. The average molecular weight is 420 g/mol. The van der Waals surface area contributed by atoms with Crippen LogP contribution in [0.15, 0.2) is 36.4 Å². The van der Waals surface area contributed by atoms with Crippen molar-refractivity contribution >= 4 is 40.8 Å². The number of nitrogen functional groups attached to an aromatic ring is 1. The van der Waals surface area contributed by atoms with Gasteiger partial charge in [0.1, 0.15) is 11.3 Å². The van der Waals surface area contributed by atoms with Crippen molar-refractivity contribution in [1.82, 2.24) is 4.90 Å². The molecule has 2 rings (SSSR count). The summed E-state index contributed by atoms with van der Waals surface area (Å²) in [6.45, 7) is 1.20. The molecule has 2 aromatic rings. The Bertz CT molecular complexity index is 915. The number of carbonyl (C=O) groups is 3. The summed E-state index contributed by atoms with van der Waals surface area (Å²) in [6.07, 6.45) is 0. The number of esters is 1. The summed E-state index contributed by atoms with van der Waals surface area (Å²) in [7, 11) is 2.80. The lowest BCUT2D eigenvalue weighted by atomic mass is 10.2. The number of hydrogen-bond donors (Lipinski definition) is 2. The van der Waals surface area contributed by atoms with Gasteiger partial charge in [0.2, 0.25) is 5.91 Å². The van der Waals surface area contributed by atoms with Crippen LogP contribution in [-0.2, 0) is 14.3 Å². The van der Waals surface area contributed by atoms with E-state index in [-0.39, 0.29) is 34.5 Å². The maximum absolute atomic E-state index is 12.3. The Morgan fingerprint density at radius 3 is 2.45 bits per heavy atom. The van der Waals surface area contributed by atoms with Gasteiger partial charge in [0.05, 0.1) is 24.4 Å². The number of nitrogens with one attached hydrogen (secondary N) is 1. The standard InChI is InChI=1S/C20H22ClN3O5/c1-12-4-6-13(7-5-12)23-18(25)10-24(2)19(26)11-29-20(27)14-8-15(21)16(22)9-17(14)28-3/h4-9H,10-11,22H2,1-3H3,(H,23,25). The molecule has 0 bridgehead atoms. The van der Waals surface area contributed by atoms with Crippen LogP contribution < -0.4 is 15.8 Å². The zero-order chi connectivity index (χ0) is 21.6. The van der Waals surface area contributed by atoms with Gasteiger partial charge in [-0.3, -0.25) is 9.59 Å². The fraction of sp³-hybridized carbons (Fsp3) is 0.250. The third kappa shape index (κ3) is 6.11. The van der Waals surface area contributed by atoms with Gasteiger partial charge in [-0.05, 0) is 25.1 Å². The molecule has 0 atom stereocenters. The molecule has 0 aliphatic rings. The van der Waals surface area contributed by atoms with Crippen LogP contribution in [0, 0.1) is 6.92 Å². The first-order valence-corrected chi connectivity index (χ1v) is 8.99. The monoisotopic (exact) mass is 419 g/mol. The van der Waals surface area contributed by atoms with E-state index in [1.165, 1.54) is 26.3 Å². The molecule has 2 aromatic carbocycles. The molecular weight excluding hydrogens is 398 g/mol. The van der Waals surface area contributed by atoms with Gasteiger partial charge >= 0.3 is 5.97 Å². The second kappa shape index (κ2) is 9.79. The van der Waals surface area contributed by atoms with Crippen molar-refractivity contribution in [2.24, 2.45) is 0 Å². The normalized spacial score (nSPS) is 10.2. The summed E-state index contributed by atoms with van der Waals surface area (Å²) in [5, 5.41) is 2.85. The van der Waals surface area contributed by atoms with E-state index in [1.807, 2.05) is 19.1 Å². The molecular formula is C20H22ClN3O5. The van der Waals surface area contributed by atoms with E-state index in [2.05, 4.69) is 5.32 Å². The van der Waals surface area contributed by atoms with Crippen LogP contribution in [0.25, 0.3) is 0 Å². The fourth-order valence-electron chi connectivity index (χ4n) is 2.35. The molecule has 0 fully saturated rings. The van der Waals surface area contributed by atoms with E-state index in [0.717, 1.165) is 10.5 Å². The van der Waals surface area contributed by atoms with Gasteiger partial charge in [0.25, 0.3) is 5.91 Å². The molecule has 0 aromatic heterocycles. The van der Waals surface area contributed by atoms with Gasteiger partial charge in [-0.2, -0.15) is 0 Å². The Morgan fingerprint density at radius 2 is 1.83 bits per heavy atom. The van der Waals surface area contributed by atoms with Gasteiger partial charge in [-0.25, -0.2) is 4.79 Å². The van der Waals surface area contributed by atoms with Crippen LogP contribution in [-0.4, -0.2) is 50.0 Å². The lowest BCUT2D eigenvalue weighted by Crippen LogP contribution is -2.37. The molecule has 2 amide bonds. The van der Waals surface area contributed by atoms with Crippen molar-refractivity contribution < 1.29 is 23.9 Å². The van der Waals surface area contributed by atoms with E-state index in [0.29, 0.717) is 5.69 Å². The maximum atomic E-state index is 12.3. The highest BCUT2D eigenvalue weighted by atomic mass is 35.5. The number of hydrogen-bond acceptors (Lipinski definition) is 6. The number of ether oxygens (including phenoxy) is 2. The molecule has 0 saturated carbocycles. The van der Waals surface area contributed by atoms with Gasteiger partial charge in [-0.1, -0.05) is 29.3 Å². The number of methoxy groups -OCH3 is 1. The summed E-state index contributed by atoms with van der Waals surface area (Å²) in [4.78, 5) is 37.7. The number of benzene rings is 2. The quantitative estimate of drug-likeness (QED) is 0.527. The highest BCUT2D eigenvalue weighted by Crippen LogP contribution is 2.29. The number of likely N-dealkylation sites (N-methyl/N-ethyl adjacent to an activating group) is 1. The first kappa shape index (κ1) is 22.0. The first-order valence-electron chi connectivity index (χ1n) is 8.62. The van der Waals surface area contributed by atoms with Gasteiger partial charge in [-0.15, -0.1) is 0 Å². The van der Waals surface area contributed by atoms with Crippen LogP contribution in [0.5, 0.6) is 5.75 Å². The molecule has 0 radical (unpaired) electrons. The van der Waals surface area contributed by atoms with Crippen molar-refractivity contribution in [3.05, 3.63) is 52.5 Å². The number of nitrogens with zero attached hydrogens (tertiary/aromatic N) is 1. The Morgan fingerprint density at radius 1 is 1.17 bits per heavy atom. The summed E-state index contributed by atoms with van der Waals surface area (Å²) in [5.74, 6) is -1.54. The maximum Gasteiger partial charge on any atom is 0.342 e. The summed E-state index contributed by atoms with van der Waals surface area (Å²) in [5.41, 5.74) is 7.65. The van der Waals surface area contributed by atoms with Crippen LogP contribution in [0.3, 0.4) is 0 Å². The second-order valence-corrected chi connectivity index (χ2v) is 6.72. The molecule has 0 aliphatic carbocycles. The number of anilines is 2. The molecule has 0 aliphatic heterocycles. The minimum absolute atomic E-state index is 0.0410. The Labute approximate surface area is 173 Å². The van der Waals surface area contributed by atoms with E-state index < -0.39 is 18.5 Å². The highest BCUT2D eigenvalue weighted by Gasteiger charge is 2.20.